The second kappa shape index (κ2) is 11.0. The molecule has 7 nitrogen and oxygen atoms in total. The summed E-state index contributed by atoms with van der Waals surface area (Å²) in [6.45, 7) is 4.72. The largest absolute Gasteiger partial charge is 0.454 e. The number of rotatable bonds is 11. The van der Waals surface area contributed by atoms with Crippen LogP contribution in [0.15, 0.2) is 30.0 Å². The first-order chi connectivity index (χ1) is 12.7. The molecule has 7 heteroatoms. The normalized spacial score (nSPS) is 12.5. The first-order valence-corrected chi connectivity index (χ1v) is 8.82. The third-order valence-electron chi connectivity index (χ3n) is 3.75. The molecule has 140 valence electrons. The molecule has 0 aromatic heterocycles. The first kappa shape index (κ1) is 19.6. The molecule has 0 bridgehead atoms. The molecule has 1 aromatic carbocycles. The highest BCUT2D eigenvalue weighted by Crippen LogP contribution is 2.32. The van der Waals surface area contributed by atoms with Crippen molar-refractivity contribution in [3.8, 4) is 17.6 Å². The Hall–Kier alpha value is -2.72. The van der Waals surface area contributed by atoms with Crippen LogP contribution in [0, 0.1) is 11.3 Å². The number of amides is 1. The molecule has 0 aliphatic carbocycles. The number of hydrogen-bond donors (Lipinski definition) is 2. The average Bonchev–Trinajstić information content (AvgIpc) is 3.13. The topological polar surface area (TPSA) is 92.6 Å². The summed E-state index contributed by atoms with van der Waals surface area (Å²) < 4.78 is 16.0. The van der Waals surface area contributed by atoms with E-state index in [2.05, 4.69) is 17.6 Å². The van der Waals surface area contributed by atoms with Gasteiger partial charge in [-0.1, -0.05) is 19.4 Å². The van der Waals surface area contributed by atoms with Crippen molar-refractivity contribution in [2.45, 2.75) is 32.7 Å². The predicted octanol–water partition coefficient (Wildman–Crippen LogP) is 2.24. The Morgan fingerprint density at radius 3 is 2.92 bits per heavy atom. The molecule has 2 N–H and O–H groups in total. The third kappa shape index (κ3) is 6.30. The highest BCUT2D eigenvalue weighted by molar-refractivity contribution is 5.97. The summed E-state index contributed by atoms with van der Waals surface area (Å²) in [4.78, 5) is 12.1. The molecule has 0 saturated carbocycles. The van der Waals surface area contributed by atoms with Gasteiger partial charge in [-0.2, -0.15) is 5.26 Å². The van der Waals surface area contributed by atoms with Crippen molar-refractivity contribution in [1.82, 2.24) is 10.6 Å². The number of carbonyl (C=O) groups is 1. The molecule has 0 fully saturated rings. The average molecular weight is 359 g/mol. The SMILES string of the molecule is CCCCOCCCN/C=C(/C#N)C(=O)NCc1ccc2c(c1)OCO2. The summed E-state index contributed by atoms with van der Waals surface area (Å²) in [5.41, 5.74) is 0.912. The maximum absolute atomic E-state index is 12.1. The van der Waals surface area contributed by atoms with E-state index in [4.69, 9.17) is 19.5 Å². The van der Waals surface area contributed by atoms with Crippen LogP contribution >= 0.6 is 0 Å². The standard InChI is InChI=1S/C19H25N3O4/c1-2-3-8-24-9-4-7-21-13-16(11-20)19(23)22-12-15-5-6-17-18(10-15)26-14-25-17/h5-6,10,13,21H,2-4,7-9,12,14H2,1H3,(H,22,23)/b16-13-. The summed E-state index contributed by atoms with van der Waals surface area (Å²) in [5, 5.41) is 14.8. The smallest absolute Gasteiger partial charge is 0.263 e. The van der Waals surface area contributed by atoms with E-state index in [1.165, 1.54) is 6.20 Å². The van der Waals surface area contributed by atoms with Gasteiger partial charge in [-0.05, 0) is 30.5 Å². The van der Waals surface area contributed by atoms with Crippen molar-refractivity contribution >= 4 is 5.91 Å². The van der Waals surface area contributed by atoms with Gasteiger partial charge in [0.05, 0.1) is 0 Å². The number of benzene rings is 1. The molecule has 2 rings (SSSR count). The second-order valence-corrected chi connectivity index (χ2v) is 5.81. The minimum Gasteiger partial charge on any atom is -0.454 e. The summed E-state index contributed by atoms with van der Waals surface area (Å²) in [6.07, 6.45) is 4.45. The van der Waals surface area contributed by atoms with E-state index < -0.39 is 5.91 Å². The summed E-state index contributed by atoms with van der Waals surface area (Å²) >= 11 is 0. The lowest BCUT2D eigenvalue weighted by Crippen LogP contribution is -2.25. The van der Waals surface area contributed by atoms with Gasteiger partial charge in [0.15, 0.2) is 11.5 Å². The number of nitrogens with zero attached hydrogens (tertiary/aromatic N) is 1. The van der Waals surface area contributed by atoms with Gasteiger partial charge in [0.25, 0.3) is 5.91 Å². The van der Waals surface area contributed by atoms with Crippen LogP contribution in [0.25, 0.3) is 0 Å². The zero-order valence-corrected chi connectivity index (χ0v) is 15.0. The van der Waals surface area contributed by atoms with E-state index in [0.29, 0.717) is 31.2 Å². The number of hydrogen-bond acceptors (Lipinski definition) is 6. The number of unbranched alkanes of at least 4 members (excludes halogenated alkanes) is 1. The zero-order valence-electron chi connectivity index (χ0n) is 15.0. The minimum absolute atomic E-state index is 0.0395. The van der Waals surface area contributed by atoms with Crippen LogP contribution in [-0.2, 0) is 16.1 Å². The van der Waals surface area contributed by atoms with Crippen LogP contribution in [0.2, 0.25) is 0 Å². The minimum atomic E-state index is -0.420. The van der Waals surface area contributed by atoms with E-state index in [1.54, 1.807) is 6.07 Å². The lowest BCUT2D eigenvalue weighted by Gasteiger charge is -2.06. The van der Waals surface area contributed by atoms with Crippen molar-refractivity contribution in [3.05, 3.63) is 35.5 Å². The molecule has 0 radical (unpaired) electrons. The van der Waals surface area contributed by atoms with Crippen LogP contribution < -0.4 is 20.1 Å². The quantitative estimate of drug-likeness (QED) is 0.358. The van der Waals surface area contributed by atoms with E-state index in [9.17, 15) is 4.79 Å². The molecule has 0 saturated heterocycles. The molecule has 0 atom stereocenters. The Morgan fingerprint density at radius 2 is 2.12 bits per heavy atom. The van der Waals surface area contributed by atoms with Crippen molar-refractivity contribution in [1.29, 1.82) is 5.26 Å². The van der Waals surface area contributed by atoms with Crippen LogP contribution in [-0.4, -0.2) is 32.5 Å². The molecule has 1 aliphatic heterocycles. The van der Waals surface area contributed by atoms with Gasteiger partial charge in [0.1, 0.15) is 11.6 Å². The van der Waals surface area contributed by atoms with Gasteiger partial charge in [0, 0.05) is 32.5 Å². The van der Waals surface area contributed by atoms with Gasteiger partial charge in [0.2, 0.25) is 6.79 Å². The van der Waals surface area contributed by atoms with Crippen LogP contribution in [0.1, 0.15) is 31.7 Å². The number of carbonyl (C=O) groups excluding carboxylic acids is 1. The maximum Gasteiger partial charge on any atom is 0.263 e. The highest BCUT2D eigenvalue weighted by atomic mass is 16.7. The van der Waals surface area contributed by atoms with Gasteiger partial charge in [-0.15, -0.1) is 0 Å². The van der Waals surface area contributed by atoms with E-state index in [-0.39, 0.29) is 12.4 Å². The lowest BCUT2D eigenvalue weighted by atomic mass is 10.2. The molecule has 1 aliphatic rings. The Bertz CT molecular complexity index is 667. The molecular formula is C19H25N3O4. The molecule has 0 spiro atoms. The molecule has 1 aromatic rings. The fraction of sp³-hybridized carbons (Fsp3) is 0.474. The van der Waals surface area contributed by atoms with Crippen molar-refractivity contribution in [2.24, 2.45) is 0 Å². The van der Waals surface area contributed by atoms with Crippen molar-refractivity contribution in [2.75, 3.05) is 26.6 Å². The summed E-state index contributed by atoms with van der Waals surface area (Å²) in [7, 11) is 0. The molecule has 26 heavy (non-hydrogen) atoms. The van der Waals surface area contributed by atoms with E-state index >= 15 is 0 Å². The fourth-order valence-electron chi connectivity index (χ4n) is 2.28. The Kier molecular flexibility index (Phi) is 8.30. The summed E-state index contributed by atoms with van der Waals surface area (Å²) in [5.74, 6) is 0.938. The third-order valence-corrected chi connectivity index (χ3v) is 3.75. The van der Waals surface area contributed by atoms with Crippen molar-refractivity contribution < 1.29 is 19.0 Å². The van der Waals surface area contributed by atoms with Crippen LogP contribution in [0.5, 0.6) is 11.5 Å². The van der Waals surface area contributed by atoms with Gasteiger partial charge >= 0.3 is 0 Å². The monoisotopic (exact) mass is 359 g/mol. The Morgan fingerprint density at radius 1 is 1.31 bits per heavy atom. The van der Waals surface area contributed by atoms with Gasteiger partial charge < -0.3 is 24.8 Å². The fourth-order valence-corrected chi connectivity index (χ4v) is 2.28. The summed E-state index contributed by atoms with van der Waals surface area (Å²) in [6, 6.07) is 7.37. The van der Waals surface area contributed by atoms with Gasteiger partial charge in [-0.25, -0.2) is 0 Å². The maximum atomic E-state index is 12.1. The molecular weight excluding hydrogens is 334 g/mol. The number of fused-ring (bicyclic) bond motifs is 1. The lowest BCUT2D eigenvalue weighted by molar-refractivity contribution is -0.117. The van der Waals surface area contributed by atoms with Crippen LogP contribution in [0.4, 0.5) is 0 Å². The number of nitriles is 1. The second-order valence-electron chi connectivity index (χ2n) is 5.81. The predicted molar refractivity (Wildman–Crippen MR) is 96.5 cm³/mol. The number of ether oxygens (including phenoxy) is 3. The first-order valence-electron chi connectivity index (χ1n) is 8.82. The Labute approximate surface area is 153 Å². The Balaban J connectivity index is 1.70. The van der Waals surface area contributed by atoms with Crippen molar-refractivity contribution in [3.63, 3.8) is 0 Å². The highest BCUT2D eigenvalue weighted by Gasteiger charge is 2.14. The zero-order chi connectivity index (χ0) is 18.6. The molecule has 1 amide bonds. The molecule has 1 heterocycles. The van der Waals surface area contributed by atoms with E-state index in [0.717, 1.165) is 31.4 Å². The molecule has 0 unspecified atom stereocenters. The van der Waals surface area contributed by atoms with E-state index in [1.807, 2.05) is 18.2 Å². The van der Waals surface area contributed by atoms with Gasteiger partial charge in [-0.3, -0.25) is 4.79 Å². The van der Waals surface area contributed by atoms with Crippen LogP contribution in [0.3, 0.4) is 0 Å². The number of nitrogens with one attached hydrogen (secondary N) is 2.